The van der Waals surface area contributed by atoms with Gasteiger partial charge in [0.25, 0.3) is 0 Å². The number of carbonyl (C=O) groups is 1. The number of aldehydes is 1. The molecule has 4 heteroatoms. The van der Waals surface area contributed by atoms with Gasteiger partial charge in [-0.2, -0.15) is 0 Å². The molecule has 2 aromatic carbocycles. The van der Waals surface area contributed by atoms with Crippen LogP contribution < -0.4 is 0 Å². The van der Waals surface area contributed by atoms with Gasteiger partial charge < -0.3 is 0 Å². The van der Waals surface area contributed by atoms with Gasteiger partial charge in [0, 0.05) is 10.9 Å². The molecule has 0 fully saturated rings. The highest BCUT2D eigenvalue weighted by Gasteiger charge is 2.18. The lowest BCUT2D eigenvalue weighted by atomic mass is 10.0. The quantitative estimate of drug-likeness (QED) is 0.388. The molecule has 136 valence electrons. The second kappa shape index (κ2) is 7.12. The smallest absolute Gasteiger partial charge is 0.195 e. The number of thiazole rings is 1. The van der Waals surface area contributed by atoms with Gasteiger partial charge in [-0.05, 0) is 29.0 Å². The van der Waals surface area contributed by atoms with Gasteiger partial charge in [-0.15, -0.1) is 11.3 Å². The normalized spacial score (nSPS) is 11.4. The highest BCUT2D eigenvalue weighted by atomic mass is 32.1. The molecule has 0 atom stereocenters. The third-order valence-corrected chi connectivity index (χ3v) is 5.85. The van der Waals surface area contributed by atoms with Crippen LogP contribution in [0.15, 0.2) is 53.9 Å². The zero-order valence-corrected chi connectivity index (χ0v) is 16.6. The van der Waals surface area contributed by atoms with E-state index in [1.165, 1.54) is 11.1 Å². The number of aromatic nitrogens is 2. The van der Waals surface area contributed by atoms with Crippen molar-refractivity contribution in [1.29, 1.82) is 0 Å². The average molecular weight is 375 g/mol. The van der Waals surface area contributed by atoms with Crippen molar-refractivity contribution in [2.75, 3.05) is 0 Å². The molecule has 0 saturated heterocycles. The first-order chi connectivity index (χ1) is 13.1. The summed E-state index contributed by atoms with van der Waals surface area (Å²) < 4.78 is 1.98. The fourth-order valence-corrected chi connectivity index (χ4v) is 4.24. The number of carbonyl (C=O) groups excluding carboxylic acids is 1. The van der Waals surface area contributed by atoms with Gasteiger partial charge in [0.1, 0.15) is 11.4 Å². The largest absolute Gasteiger partial charge is 0.296 e. The Balaban J connectivity index is 1.84. The summed E-state index contributed by atoms with van der Waals surface area (Å²) in [6.07, 6.45) is 1.91. The molecule has 0 amide bonds. The Morgan fingerprint density at radius 1 is 1.04 bits per heavy atom. The van der Waals surface area contributed by atoms with Crippen LogP contribution in [-0.4, -0.2) is 15.7 Å². The van der Waals surface area contributed by atoms with Crippen molar-refractivity contribution >= 4 is 22.6 Å². The molecular formula is C23H22N2OS. The van der Waals surface area contributed by atoms with E-state index in [1.807, 2.05) is 4.40 Å². The van der Waals surface area contributed by atoms with Crippen LogP contribution in [0.4, 0.5) is 0 Å². The van der Waals surface area contributed by atoms with Crippen LogP contribution in [0, 0.1) is 0 Å². The summed E-state index contributed by atoms with van der Waals surface area (Å²) in [5.74, 6) is 0.498. The van der Waals surface area contributed by atoms with Crippen molar-refractivity contribution in [1.82, 2.24) is 9.38 Å². The number of rotatable bonds is 5. The fourth-order valence-electron chi connectivity index (χ4n) is 3.34. The van der Waals surface area contributed by atoms with Gasteiger partial charge in [-0.3, -0.25) is 9.20 Å². The van der Waals surface area contributed by atoms with Crippen molar-refractivity contribution in [3.05, 3.63) is 70.7 Å². The molecule has 0 radical (unpaired) electrons. The first kappa shape index (κ1) is 17.7. The highest BCUT2D eigenvalue weighted by molar-refractivity contribution is 7.15. The second-order valence-electron chi connectivity index (χ2n) is 7.03. The number of benzene rings is 2. The predicted molar refractivity (Wildman–Crippen MR) is 113 cm³/mol. The first-order valence-electron chi connectivity index (χ1n) is 9.27. The maximum atomic E-state index is 12.0. The molecular weight excluding hydrogens is 352 g/mol. The third-order valence-electron chi connectivity index (χ3n) is 5.02. The number of fused-ring (bicyclic) bond motifs is 1. The number of imidazole rings is 1. The average Bonchev–Trinajstić information content (AvgIpc) is 3.27. The van der Waals surface area contributed by atoms with Crippen LogP contribution in [0.2, 0.25) is 0 Å². The van der Waals surface area contributed by atoms with E-state index in [4.69, 9.17) is 4.98 Å². The van der Waals surface area contributed by atoms with Crippen LogP contribution in [0.1, 0.15) is 48.3 Å². The molecule has 0 spiro atoms. The lowest BCUT2D eigenvalue weighted by Crippen LogP contribution is -1.95. The summed E-state index contributed by atoms with van der Waals surface area (Å²) in [7, 11) is 0. The zero-order valence-electron chi connectivity index (χ0n) is 15.8. The number of hydrogen-bond donors (Lipinski definition) is 0. The summed E-state index contributed by atoms with van der Waals surface area (Å²) in [6.45, 7) is 6.51. The second-order valence-corrected chi connectivity index (χ2v) is 7.87. The van der Waals surface area contributed by atoms with Crippen molar-refractivity contribution in [3.8, 4) is 22.5 Å². The van der Waals surface area contributed by atoms with Gasteiger partial charge in [0.05, 0.1) is 5.69 Å². The summed E-state index contributed by atoms with van der Waals surface area (Å²) in [6, 6.07) is 16.9. The number of hydrogen-bond acceptors (Lipinski definition) is 3. The Hall–Kier alpha value is -2.72. The fraction of sp³-hybridized carbons (Fsp3) is 0.217. The SMILES string of the molecule is CCc1ccc(-c2nc3scc(-c4ccc(C(C)C)cc4)n3c2C=O)cc1. The molecule has 4 rings (SSSR count). The van der Waals surface area contributed by atoms with Crippen LogP contribution in [0.25, 0.3) is 27.5 Å². The van der Waals surface area contributed by atoms with E-state index in [-0.39, 0.29) is 0 Å². The van der Waals surface area contributed by atoms with Crippen LogP contribution >= 0.6 is 11.3 Å². The standard InChI is InChI=1S/C23H22N2OS/c1-4-16-5-7-19(8-6-16)22-20(13-26)25-21(14-27-23(25)24-22)18-11-9-17(10-12-18)15(2)3/h5-15H,4H2,1-3H3. The number of aryl methyl sites for hydroxylation is 1. The van der Waals surface area contributed by atoms with Crippen molar-refractivity contribution < 1.29 is 4.79 Å². The van der Waals surface area contributed by atoms with E-state index in [1.54, 1.807) is 11.3 Å². The molecule has 0 aliphatic carbocycles. The van der Waals surface area contributed by atoms with Crippen LogP contribution in [-0.2, 0) is 6.42 Å². The zero-order chi connectivity index (χ0) is 19.0. The lowest BCUT2D eigenvalue weighted by molar-refractivity contribution is 0.111. The summed E-state index contributed by atoms with van der Waals surface area (Å²) in [4.78, 5) is 17.6. The van der Waals surface area contributed by atoms with Gasteiger partial charge >= 0.3 is 0 Å². The van der Waals surface area contributed by atoms with Crippen LogP contribution in [0.3, 0.4) is 0 Å². The monoisotopic (exact) mass is 374 g/mol. The maximum absolute atomic E-state index is 12.0. The lowest BCUT2D eigenvalue weighted by Gasteiger charge is -2.07. The number of nitrogens with zero attached hydrogens (tertiary/aromatic N) is 2. The maximum Gasteiger partial charge on any atom is 0.195 e. The Labute approximate surface area is 163 Å². The third kappa shape index (κ3) is 3.10. The molecule has 0 saturated carbocycles. The van der Waals surface area contributed by atoms with E-state index in [0.717, 1.165) is 40.2 Å². The molecule has 0 bridgehead atoms. The first-order valence-corrected chi connectivity index (χ1v) is 10.1. The molecule has 0 unspecified atom stereocenters. The van der Waals surface area contributed by atoms with Gasteiger partial charge in [-0.1, -0.05) is 69.3 Å². The molecule has 0 aliphatic rings. The highest BCUT2D eigenvalue weighted by Crippen LogP contribution is 2.33. The molecule has 0 N–H and O–H groups in total. The van der Waals surface area contributed by atoms with E-state index in [0.29, 0.717) is 11.6 Å². The summed E-state index contributed by atoms with van der Waals surface area (Å²) in [5, 5.41) is 2.07. The Morgan fingerprint density at radius 2 is 1.70 bits per heavy atom. The topological polar surface area (TPSA) is 34.4 Å². The van der Waals surface area contributed by atoms with E-state index < -0.39 is 0 Å². The minimum atomic E-state index is 0.498. The minimum Gasteiger partial charge on any atom is -0.296 e. The Bertz CT molecular complexity index is 1090. The van der Waals surface area contributed by atoms with Gasteiger partial charge in [-0.25, -0.2) is 4.98 Å². The Morgan fingerprint density at radius 3 is 2.30 bits per heavy atom. The molecule has 2 aromatic heterocycles. The predicted octanol–water partition coefficient (Wildman–Crippen LogP) is 6.23. The van der Waals surface area contributed by atoms with Gasteiger partial charge in [0.2, 0.25) is 0 Å². The van der Waals surface area contributed by atoms with Crippen molar-refractivity contribution in [3.63, 3.8) is 0 Å². The molecule has 27 heavy (non-hydrogen) atoms. The van der Waals surface area contributed by atoms with E-state index >= 15 is 0 Å². The van der Waals surface area contributed by atoms with Crippen molar-refractivity contribution in [2.24, 2.45) is 0 Å². The Kier molecular flexibility index (Phi) is 4.66. The molecule has 4 aromatic rings. The minimum absolute atomic E-state index is 0.498. The van der Waals surface area contributed by atoms with E-state index in [9.17, 15) is 4.79 Å². The molecule has 2 heterocycles. The summed E-state index contributed by atoms with van der Waals surface area (Å²) >= 11 is 1.56. The van der Waals surface area contributed by atoms with Crippen molar-refractivity contribution in [2.45, 2.75) is 33.1 Å². The van der Waals surface area contributed by atoms with Gasteiger partial charge in [0.15, 0.2) is 11.2 Å². The van der Waals surface area contributed by atoms with E-state index in [2.05, 4.69) is 74.7 Å². The van der Waals surface area contributed by atoms with Crippen LogP contribution in [0.5, 0.6) is 0 Å². The molecule has 0 aliphatic heterocycles. The molecule has 3 nitrogen and oxygen atoms in total. The summed E-state index contributed by atoms with van der Waals surface area (Å²) in [5.41, 5.74) is 7.03.